The number of fused-ring (bicyclic) bond motifs is 2. The number of nitrogens with one attached hydrogen (secondary N) is 1. The predicted octanol–water partition coefficient (Wildman–Crippen LogP) is 3.13. The molecule has 1 heterocycles. The van der Waals surface area contributed by atoms with E-state index in [0.29, 0.717) is 13.1 Å². The number of amides is 1. The summed E-state index contributed by atoms with van der Waals surface area (Å²) in [6.45, 7) is 1.03. The fraction of sp³-hybridized carbons (Fsp3) is 0.278. The summed E-state index contributed by atoms with van der Waals surface area (Å²) < 4.78 is 0. The lowest BCUT2D eigenvalue weighted by Crippen LogP contribution is -2.39. The van der Waals surface area contributed by atoms with Crippen molar-refractivity contribution in [2.45, 2.75) is 25.8 Å². The van der Waals surface area contributed by atoms with E-state index >= 15 is 0 Å². The summed E-state index contributed by atoms with van der Waals surface area (Å²) in [4.78, 5) is 14.1. The van der Waals surface area contributed by atoms with Gasteiger partial charge >= 0.3 is 0 Å². The van der Waals surface area contributed by atoms with Gasteiger partial charge in [-0.05, 0) is 48.1 Å². The van der Waals surface area contributed by atoms with Crippen molar-refractivity contribution in [2.24, 2.45) is 0 Å². The van der Waals surface area contributed by atoms with Gasteiger partial charge in [0.2, 0.25) is 5.91 Å². The Labute approximate surface area is 124 Å². The van der Waals surface area contributed by atoms with Gasteiger partial charge in [0.25, 0.3) is 0 Å². The topological polar surface area (TPSA) is 32.3 Å². The minimum atomic E-state index is 0.134. The number of aryl methyl sites for hydroxylation is 2. The zero-order valence-electron chi connectivity index (χ0n) is 11.9. The Morgan fingerprint density at radius 3 is 2.86 bits per heavy atom. The molecular weight excluding hydrogens is 260 g/mol. The lowest BCUT2D eigenvalue weighted by Gasteiger charge is -2.30. The molecule has 0 atom stereocenters. The van der Waals surface area contributed by atoms with Crippen LogP contribution in [0.25, 0.3) is 0 Å². The molecule has 0 bridgehead atoms. The van der Waals surface area contributed by atoms with Crippen LogP contribution in [-0.2, 0) is 24.2 Å². The number of anilines is 2. The first-order valence-corrected chi connectivity index (χ1v) is 7.55. The average Bonchev–Trinajstić information content (AvgIpc) is 2.98. The second kappa shape index (κ2) is 4.92. The molecule has 0 radical (unpaired) electrons. The number of carbonyl (C=O) groups is 1. The first kappa shape index (κ1) is 12.5. The second-order valence-corrected chi connectivity index (χ2v) is 5.81. The second-order valence-electron chi connectivity index (χ2n) is 5.81. The molecule has 1 aliphatic carbocycles. The number of benzene rings is 2. The number of hydrogen-bond donors (Lipinski definition) is 1. The normalized spacial score (nSPS) is 16.4. The van der Waals surface area contributed by atoms with Crippen molar-refractivity contribution in [3.05, 3.63) is 59.2 Å². The molecule has 0 saturated carbocycles. The molecule has 3 nitrogen and oxygen atoms in total. The molecule has 3 heteroatoms. The molecule has 21 heavy (non-hydrogen) atoms. The summed E-state index contributed by atoms with van der Waals surface area (Å²) in [5.41, 5.74) is 6.18. The Hall–Kier alpha value is -2.29. The van der Waals surface area contributed by atoms with Gasteiger partial charge in [-0.1, -0.05) is 30.3 Å². The van der Waals surface area contributed by atoms with Crippen molar-refractivity contribution < 1.29 is 4.79 Å². The van der Waals surface area contributed by atoms with Crippen molar-refractivity contribution in [1.82, 2.24) is 0 Å². The van der Waals surface area contributed by atoms with Crippen LogP contribution in [0.1, 0.15) is 23.1 Å². The molecule has 0 saturated heterocycles. The van der Waals surface area contributed by atoms with Crippen LogP contribution >= 0.6 is 0 Å². The van der Waals surface area contributed by atoms with E-state index in [0.717, 1.165) is 11.4 Å². The lowest BCUT2D eigenvalue weighted by atomic mass is 10.1. The molecule has 2 aromatic rings. The number of para-hydroxylation sites is 2. The molecule has 0 unspecified atom stereocenters. The Balaban J connectivity index is 1.66. The van der Waals surface area contributed by atoms with Crippen LogP contribution in [0.4, 0.5) is 11.4 Å². The van der Waals surface area contributed by atoms with Gasteiger partial charge in [-0.25, -0.2) is 0 Å². The van der Waals surface area contributed by atoms with Crippen LogP contribution in [0.15, 0.2) is 42.5 Å². The number of carbonyl (C=O) groups excluding carboxylic acids is 1. The average molecular weight is 278 g/mol. The predicted molar refractivity (Wildman–Crippen MR) is 84.6 cm³/mol. The molecule has 1 amide bonds. The summed E-state index contributed by atoms with van der Waals surface area (Å²) in [6.07, 6.45) is 3.63. The highest BCUT2D eigenvalue weighted by atomic mass is 16.2. The number of nitrogens with zero attached hydrogens (tertiary/aromatic N) is 1. The van der Waals surface area contributed by atoms with E-state index in [1.807, 2.05) is 29.2 Å². The van der Waals surface area contributed by atoms with Gasteiger partial charge in [-0.2, -0.15) is 0 Å². The number of hydrogen-bond acceptors (Lipinski definition) is 2. The molecule has 0 fully saturated rings. The molecule has 4 rings (SSSR count). The van der Waals surface area contributed by atoms with E-state index in [4.69, 9.17) is 0 Å². The molecule has 1 aliphatic heterocycles. The van der Waals surface area contributed by atoms with Gasteiger partial charge in [-0.3, -0.25) is 4.79 Å². The maximum Gasteiger partial charge on any atom is 0.246 e. The summed E-state index contributed by atoms with van der Waals surface area (Å²) in [5, 5.41) is 3.18. The summed E-state index contributed by atoms with van der Waals surface area (Å²) in [6, 6.07) is 14.7. The maximum atomic E-state index is 12.3. The van der Waals surface area contributed by atoms with Crippen molar-refractivity contribution in [3.8, 4) is 0 Å². The summed E-state index contributed by atoms with van der Waals surface area (Å²) in [7, 11) is 0. The van der Waals surface area contributed by atoms with Gasteiger partial charge in [0.1, 0.15) is 0 Å². The minimum Gasteiger partial charge on any atom is -0.374 e. The van der Waals surface area contributed by atoms with Crippen LogP contribution in [-0.4, -0.2) is 12.5 Å². The molecular formula is C18H18N2O. The van der Waals surface area contributed by atoms with Crippen LogP contribution in [0.3, 0.4) is 0 Å². The van der Waals surface area contributed by atoms with Crippen LogP contribution < -0.4 is 10.2 Å². The SMILES string of the molecule is O=C1CNc2ccccc2N1Cc1ccc2c(c1)CCC2. The molecule has 2 aromatic carbocycles. The van der Waals surface area contributed by atoms with Gasteiger partial charge < -0.3 is 10.2 Å². The zero-order chi connectivity index (χ0) is 14.2. The highest BCUT2D eigenvalue weighted by molar-refractivity contribution is 6.02. The third-order valence-corrected chi connectivity index (χ3v) is 4.43. The summed E-state index contributed by atoms with van der Waals surface area (Å²) in [5.74, 6) is 0.134. The van der Waals surface area contributed by atoms with Gasteiger partial charge in [0.15, 0.2) is 0 Å². The fourth-order valence-electron chi connectivity index (χ4n) is 3.34. The van der Waals surface area contributed by atoms with E-state index in [2.05, 4.69) is 23.5 Å². The van der Waals surface area contributed by atoms with Crippen molar-refractivity contribution in [3.63, 3.8) is 0 Å². The first-order chi connectivity index (χ1) is 10.3. The van der Waals surface area contributed by atoms with E-state index in [1.54, 1.807) is 0 Å². The highest BCUT2D eigenvalue weighted by Crippen LogP contribution is 2.31. The van der Waals surface area contributed by atoms with E-state index in [1.165, 1.54) is 36.0 Å². The van der Waals surface area contributed by atoms with Crippen LogP contribution in [0.2, 0.25) is 0 Å². The number of rotatable bonds is 2. The molecule has 2 aliphatic rings. The fourth-order valence-corrected chi connectivity index (χ4v) is 3.34. The molecule has 0 spiro atoms. The quantitative estimate of drug-likeness (QED) is 0.915. The molecule has 106 valence electrons. The van der Waals surface area contributed by atoms with Gasteiger partial charge in [0, 0.05) is 0 Å². The Kier molecular flexibility index (Phi) is 2.92. The van der Waals surface area contributed by atoms with Crippen molar-refractivity contribution in [2.75, 3.05) is 16.8 Å². The van der Waals surface area contributed by atoms with Gasteiger partial charge in [0.05, 0.1) is 24.5 Å². The molecule has 0 aromatic heterocycles. The van der Waals surface area contributed by atoms with E-state index < -0.39 is 0 Å². The van der Waals surface area contributed by atoms with E-state index in [9.17, 15) is 4.79 Å². The Morgan fingerprint density at radius 1 is 1.05 bits per heavy atom. The van der Waals surface area contributed by atoms with Crippen LogP contribution in [0, 0.1) is 0 Å². The minimum absolute atomic E-state index is 0.134. The monoisotopic (exact) mass is 278 g/mol. The zero-order valence-corrected chi connectivity index (χ0v) is 11.9. The standard InChI is InChI=1S/C18H18N2O/c21-18-11-19-16-6-1-2-7-17(16)20(18)12-13-8-9-14-4-3-5-15(14)10-13/h1-2,6-10,19H,3-5,11-12H2. The largest absolute Gasteiger partial charge is 0.374 e. The first-order valence-electron chi connectivity index (χ1n) is 7.55. The Morgan fingerprint density at radius 2 is 1.90 bits per heavy atom. The van der Waals surface area contributed by atoms with Gasteiger partial charge in [-0.15, -0.1) is 0 Å². The molecule has 1 N–H and O–H groups in total. The van der Waals surface area contributed by atoms with Crippen molar-refractivity contribution in [1.29, 1.82) is 0 Å². The summed E-state index contributed by atoms with van der Waals surface area (Å²) >= 11 is 0. The van der Waals surface area contributed by atoms with E-state index in [-0.39, 0.29) is 5.91 Å². The lowest BCUT2D eigenvalue weighted by molar-refractivity contribution is -0.117. The smallest absolute Gasteiger partial charge is 0.246 e. The third-order valence-electron chi connectivity index (χ3n) is 4.43. The van der Waals surface area contributed by atoms with Crippen LogP contribution in [0.5, 0.6) is 0 Å². The third kappa shape index (κ3) is 2.19. The van der Waals surface area contributed by atoms with Crippen molar-refractivity contribution >= 4 is 17.3 Å². The highest BCUT2D eigenvalue weighted by Gasteiger charge is 2.23. The Bertz CT molecular complexity index is 708. The maximum absolute atomic E-state index is 12.3.